The van der Waals surface area contributed by atoms with Gasteiger partial charge in [-0.1, -0.05) is 23.8 Å². The molecule has 1 saturated carbocycles. The molecule has 2 aliphatic rings. The molecule has 0 N–H and O–H groups in total. The van der Waals surface area contributed by atoms with Crippen molar-refractivity contribution in [1.82, 2.24) is 0 Å². The number of carbonyl (C=O) groups excluding carboxylic acids is 1. The minimum atomic E-state index is 0.628. The molecule has 4 unspecified atom stereocenters. The largest absolute Gasteiger partial charge is 0.303 e. The van der Waals surface area contributed by atoms with Crippen LogP contribution < -0.4 is 0 Å². The lowest BCUT2D eigenvalue weighted by Gasteiger charge is -2.16. The van der Waals surface area contributed by atoms with Gasteiger partial charge in [-0.15, -0.1) is 0 Å². The van der Waals surface area contributed by atoms with Crippen LogP contribution in [0.4, 0.5) is 0 Å². The average Bonchev–Trinajstić information content (AvgIpc) is 2.71. The molecular weight excluding hydrogens is 184 g/mol. The molecule has 82 valence electrons. The quantitative estimate of drug-likeness (QED) is 0.509. The molecule has 2 rings (SSSR count). The highest BCUT2D eigenvalue weighted by Crippen LogP contribution is 2.49. The molecule has 0 aromatic heterocycles. The smallest absolute Gasteiger partial charge is 0.120 e. The first-order valence-electron chi connectivity index (χ1n) is 5.97. The first-order valence-corrected chi connectivity index (χ1v) is 5.97. The Labute approximate surface area is 92.3 Å². The van der Waals surface area contributed by atoms with Gasteiger partial charge in [0.1, 0.15) is 6.29 Å². The summed E-state index contributed by atoms with van der Waals surface area (Å²) < 4.78 is 0. The summed E-state index contributed by atoms with van der Waals surface area (Å²) in [4.78, 5) is 10.6. The van der Waals surface area contributed by atoms with Crippen LogP contribution in [0.5, 0.6) is 0 Å². The van der Waals surface area contributed by atoms with Crippen molar-refractivity contribution in [1.29, 1.82) is 0 Å². The van der Waals surface area contributed by atoms with Gasteiger partial charge in [-0.2, -0.15) is 0 Å². The molecule has 0 aromatic rings. The van der Waals surface area contributed by atoms with Gasteiger partial charge in [-0.25, -0.2) is 0 Å². The number of allylic oxidation sites excluding steroid dienone is 4. The van der Waals surface area contributed by atoms with Crippen molar-refractivity contribution in [3.63, 3.8) is 0 Å². The Balaban J connectivity index is 2.12. The van der Waals surface area contributed by atoms with Gasteiger partial charge >= 0.3 is 0 Å². The molecule has 1 fully saturated rings. The first-order chi connectivity index (χ1) is 7.22. The Hall–Kier alpha value is -0.850. The molecule has 0 aromatic carbocycles. The Morgan fingerprint density at radius 1 is 1.47 bits per heavy atom. The molecule has 0 saturated heterocycles. The number of aldehydes is 1. The average molecular weight is 204 g/mol. The fourth-order valence-corrected chi connectivity index (χ4v) is 3.34. The molecule has 0 spiro atoms. The zero-order chi connectivity index (χ0) is 10.8. The summed E-state index contributed by atoms with van der Waals surface area (Å²) in [7, 11) is 0. The van der Waals surface area contributed by atoms with Crippen molar-refractivity contribution in [2.75, 3.05) is 0 Å². The van der Waals surface area contributed by atoms with E-state index in [1.54, 1.807) is 0 Å². The van der Waals surface area contributed by atoms with E-state index in [9.17, 15) is 4.79 Å². The second-order valence-electron chi connectivity index (χ2n) is 5.21. The van der Waals surface area contributed by atoms with E-state index in [0.717, 1.165) is 18.6 Å². The van der Waals surface area contributed by atoms with E-state index >= 15 is 0 Å². The summed E-state index contributed by atoms with van der Waals surface area (Å²) in [6.07, 6.45) is 11.3. The van der Waals surface area contributed by atoms with E-state index in [2.05, 4.69) is 32.1 Å². The second kappa shape index (κ2) is 4.34. The maximum absolute atomic E-state index is 10.6. The van der Waals surface area contributed by atoms with Crippen LogP contribution in [0.2, 0.25) is 0 Å². The molecule has 0 aliphatic heterocycles. The van der Waals surface area contributed by atoms with Gasteiger partial charge in [0.05, 0.1) is 0 Å². The summed E-state index contributed by atoms with van der Waals surface area (Å²) in [6.45, 7) is 4.33. The van der Waals surface area contributed by atoms with Crippen molar-refractivity contribution in [3.05, 3.63) is 23.8 Å². The Bertz CT molecular complexity index is 296. The maximum Gasteiger partial charge on any atom is 0.120 e. The topological polar surface area (TPSA) is 17.1 Å². The number of fused-ring (bicyclic) bond motifs is 1. The van der Waals surface area contributed by atoms with E-state index in [1.165, 1.54) is 18.4 Å². The highest BCUT2D eigenvalue weighted by molar-refractivity contribution is 5.50. The summed E-state index contributed by atoms with van der Waals surface area (Å²) in [6, 6.07) is 0. The Kier molecular flexibility index (Phi) is 3.08. The van der Waals surface area contributed by atoms with E-state index in [0.29, 0.717) is 17.8 Å². The summed E-state index contributed by atoms with van der Waals surface area (Å²) in [5, 5.41) is 0. The summed E-state index contributed by atoms with van der Waals surface area (Å²) in [5.41, 5.74) is 1.41. The maximum atomic E-state index is 10.6. The normalized spacial score (nSPS) is 37.7. The highest BCUT2D eigenvalue weighted by atomic mass is 16.1. The second-order valence-corrected chi connectivity index (χ2v) is 5.21. The monoisotopic (exact) mass is 204 g/mol. The fraction of sp³-hybridized carbons (Fsp3) is 0.643. The Morgan fingerprint density at radius 2 is 2.27 bits per heavy atom. The van der Waals surface area contributed by atoms with Crippen LogP contribution in [-0.2, 0) is 4.79 Å². The molecule has 4 atom stereocenters. The molecule has 0 radical (unpaired) electrons. The van der Waals surface area contributed by atoms with Gasteiger partial charge in [0, 0.05) is 6.42 Å². The van der Waals surface area contributed by atoms with Crippen molar-refractivity contribution in [3.8, 4) is 0 Å². The molecule has 0 heterocycles. The van der Waals surface area contributed by atoms with Gasteiger partial charge < -0.3 is 4.79 Å². The van der Waals surface area contributed by atoms with Crippen LogP contribution in [0, 0.1) is 23.7 Å². The van der Waals surface area contributed by atoms with Gasteiger partial charge in [-0.3, -0.25) is 0 Å². The standard InChI is InChI=1S/C14H20O/c1-10(2)8-12-9-11(6-7-15)13-4-3-5-14(12)13/h3,5,7-8,11-14H,4,6,9H2,1-2H3. The Morgan fingerprint density at radius 3 is 2.93 bits per heavy atom. The molecule has 1 nitrogen and oxygen atoms in total. The fourth-order valence-electron chi connectivity index (χ4n) is 3.34. The minimum Gasteiger partial charge on any atom is -0.303 e. The van der Waals surface area contributed by atoms with E-state index in [1.807, 2.05) is 0 Å². The van der Waals surface area contributed by atoms with Crippen LogP contribution in [0.3, 0.4) is 0 Å². The van der Waals surface area contributed by atoms with Crippen molar-refractivity contribution in [2.45, 2.75) is 33.1 Å². The van der Waals surface area contributed by atoms with Crippen LogP contribution in [0.1, 0.15) is 33.1 Å². The molecular formula is C14H20O. The molecule has 2 aliphatic carbocycles. The lowest BCUT2D eigenvalue weighted by atomic mass is 9.88. The van der Waals surface area contributed by atoms with Crippen LogP contribution in [-0.4, -0.2) is 6.29 Å². The third kappa shape index (κ3) is 2.06. The van der Waals surface area contributed by atoms with Gasteiger partial charge in [0.2, 0.25) is 0 Å². The zero-order valence-electron chi connectivity index (χ0n) is 9.65. The third-order valence-corrected chi connectivity index (χ3v) is 3.88. The summed E-state index contributed by atoms with van der Waals surface area (Å²) in [5.74, 6) is 2.77. The van der Waals surface area contributed by atoms with E-state index in [-0.39, 0.29) is 0 Å². The van der Waals surface area contributed by atoms with Crippen molar-refractivity contribution >= 4 is 6.29 Å². The van der Waals surface area contributed by atoms with Crippen LogP contribution >= 0.6 is 0 Å². The van der Waals surface area contributed by atoms with Crippen LogP contribution in [0.15, 0.2) is 23.8 Å². The predicted octanol–water partition coefficient (Wildman–Crippen LogP) is 3.37. The number of carbonyl (C=O) groups is 1. The van der Waals surface area contributed by atoms with Crippen molar-refractivity contribution < 1.29 is 4.79 Å². The number of hydrogen-bond acceptors (Lipinski definition) is 1. The SMILES string of the molecule is CC(C)=CC1CC(CC=O)C2CC=CC12. The van der Waals surface area contributed by atoms with Crippen molar-refractivity contribution in [2.24, 2.45) is 23.7 Å². The molecule has 0 bridgehead atoms. The number of rotatable bonds is 3. The summed E-state index contributed by atoms with van der Waals surface area (Å²) >= 11 is 0. The highest BCUT2D eigenvalue weighted by Gasteiger charge is 2.41. The predicted molar refractivity (Wildman–Crippen MR) is 62.4 cm³/mol. The molecule has 0 amide bonds. The van der Waals surface area contributed by atoms with Gasteiger partial charge in [0.25, 0.3) is 0 Å². The minimum absolute atomic E-state index is 0.628. The van der Waals surface area contributed by atoms with E-state index < -0.39 is 0 Å². The van der Waals surface area contributed by atoms with Crippen LogP contribution in [0.25, 0.3) is 0 Å². The number of hydrogen-bond donors (Lipinski definition) is 0. The van der Waals surface area contributed by atoms with E-state index in [4.69, 9.17) is 0 Å². The molecule has 15 heavy (non-hydrogen) atoms. The van der Waals surface area contributed by atoms with Gasteiger partial charge in [-0.05, 0) is 50.4 Å². The van der Waals surface area contributed by atoms with Gasteiger partial charge in [0.15, 0.2) is 0 Å². The first kappa shape index (κ1) is 10.7. The molecule has 1 heteroatoms. The lowest BCUT2D eigenvalue weighted by molar-refractivity contribution is -0.108. The third-order valence-electron chi connectivity index (χ3n) is 3.88. The lowest BCUT2D eigenvalue weighted by Crippen LogP contribution is -2.11. The zero-order valence-corrected chi connectivity index (χ0v) is 9.65.